The molecule has 1 aromatic heterocycles. The van der Waals surface area contributed by atoms with E-state index in [4.69, 9.17) is 10.7 Å². The topological polar surface area (TPSA) is 30.0 Å². The highest BCUT2D eigenvalue weighted by Gasteiger charge is 1.98. The zero-order valence-corrected chi connectivity index (χ0v) is 6.95. The molecule has 1 heterocycles. The number of nitrogens with zero attached hydrogens (tertiary/aromatic N) is 1. The molecule has 1 rings (SSSR count). The highest BCUT2D eigenvalue weighted by Crippen LogP contribution is 2.06. The summed E-state index contributed by atoms with van der Waals surface area (Å²) >= 11 is 0. The third-order valence-corrected chi connectivity index (χ3v) is 2.06. The molecule has 1 aromatic rings. The zero-order chi connectivity index (χ0) is 7.56. The molecular weight excluding hydrogens is 170 g/mol. The Bertz CT molecular complexity index is 264. The molecule has 54 valence electrons. The Labute approximate surface area is 66.2 Å². The lowest BCUT2D eigenvalue weighted by molar-refractivity contribution is 0.688. The average Bonchev–Trinajstić information content (AvgIpc) is 1.88. The zero-order valence-electron chi connectivity index (χ0n) is 5.37. The number of halogens is 1. The standard InChI is InChI=1S/C6H6ClNOS/c1-5-3-2-4-6(8-5)10(7)9/h2-4H,1H3. The quantitative estimate of drug-likeness (QED) is 0.608. The van der Waals surface area contributed by atoms with Gasteiger partial charge in [-0.3, -0.25) is 0 Å². The Morgan fingerprint density at radius 1 is 1.60 bits per heavy atom. The fraction of sp³-hybridized carbons (Fsp3) is 0.167. The van der Waals surface area contributed by atoms with Crippen molar-refractivity contribution in [2.75, 3.05) is 0 Å². The van der Waals surface area contributed by atoms with Crippen molar-refractivity contribution < 1.29 is 4.21 Å². The van der Waals surface area contributed by atoms with E-state index in [0.29, 0.717) is 5.03 Å². The number of pyridine rings is 1. The maximum absolute atomic E-state index is 10.6. The molecule has 0 aliphatic heterocycles. The van der Waals surface area contributed by atoms with Gasteiger partial charge in [0.15, 0.2) is 10.0 Å². The molecule has 0 radical (unpaired) electrons. The van der Waals surface area contributed by atoms with Crippen molar-refractivity contribution in [3.63, 3.8) is 0 Å². The highest BCUT2D eigenvalue weighted by atomic mass is 35.7. The van der Waals surface area contributed by atoms with E-state index in [1.54, 1.807) is 12.1 Å². The minimum absolute atomic E-state index is 0.418. The van der Waals surface area contributed by atoms with Crippen LogP contribution >= 0.6 is 10.7 Å². The lowest BCUT2D eigenvalue weighted by Crippen LogP contribution is -1.88. The molecule has 1 atom stereocenters. The third-order valence-electron chi connectivity index (χ3n) is 1.03. The largest absolute Gasteiger partial charge is 0.243 e. The molecule has 0 aliphatic rings. The van der Waals surface area contributed by atoms with Crippen molar-refractivity contribution in [2.45, 2.75) is 11.9 Å². The van der Waals surface area contributed by atoms with Gasteiger partial charge < -0.3 is 0 Å². The lowest BCUT2D eigenvalue weighted by Gasteiger charge is -1.93. The van der Waals surface area contributed by atoms with Crippen molar-refractivity contribution in [3.8, 4) is 0 Å². The van der Waals surface area contributed by atoms with Gasteiger partial charge in [0, 0.05) is 5.69 Å². The Morgan fingerprint density at radius 3 is 2.70 bits per heavy atom. The molecule has 0 aromatic carbocycles. The molecule has 4 heteroatoms. The SMILES string of the molecule is Cc1cccc(S(=O)Cl)n1. The maximum atomic E-state index is 10.6. The minimum Gasteiger partial charge on any atom is -0.243 e. The van der Waals surface area contributed by atoms with Crippen LogP contribution in [0.25, 0.3) is 0 Å². The van der Waals surface area contributed by atoms with Gasteiger partial charge in [0.05, 0.1) is 0 Å². The predicted octanol–water partition coefficient (Wildman–Crippen LogP) is 1.65. The first kappa shape index (κ1) is 7.69. The summed E-state index contributed by atoms with van der Waals surface area (Å²) in [6, 6.07) is 5.24. The lowest BCUT2D eigenvalue weighted by atomic mass is 10.4. The summed E-state index contributed by atoms with van der Waals surface area (Å²) in [5.41, 5.74) is 0.825. The molecular formula is C6H6ClNOS. The van der Waals surface area contributed by atoms with Crippen LogP contribution < -0.4 is 0 Å². The van der Waals surface area contributed by atoms with Gasteiger partial charge in [0.2, 0.25) is 0 Å². The number of rotatable bonds is 1. The van der Waals surface area contributed by atoms with Gasteiger partial charge in [-0.15, -0.1) is 0 Å². The van der Waals surface area contributed by atoms with Gasteiger partial charge in [0.1, 0.15) is 5.03 Å². The number of hydrogen-bond donors (Lipinski definition) is 0. The first-order valence-corrected chi connectivity index (χ1v) is 4.69. The van der Waals surface area contributed by atoms with Crippen molar-refractivity contribution in [1.82, 2.24) is 4.98 Å². The van der Waals surface area contributed by atoms with Gasteiger partial charge in [-0.25, -0.2) is 9.19 Å². The van der Waals surface area contributed by atoms with Crippen LogP contribution in [0.1, 0.15) is 5.69 Å². The fourth-order valence-electron chi connectivity index (χ4n) is 0.607. The number of hydrogen-bond acceptors (Lipinski definition) is 2. The molecule has 10 heavy (non-hydrogen) atoms. The van der Waals surface area contributed by atoms with Crippen molar-refractivity contribution >= 4 is 20.7 Å². The molecule has 0 amide bonds. The van der Waals surface area contributed by atoms with Crippen LogP contribution in [0.2, 0.25) is 0 Å². The smallest absolute Gasteiger partial charge is 0.166 e. The normalized spacial score (nSPS) is 13.0. The summed E-state index contributed by atoms with van der Waals surface area (Å²) in [6.07, 6.45) is 0. The van der Waals surface area contributed by atoms with Crippen LogP contribution in [0.5, 0.6) is 0 Å². The number of aromatic nitrogens is 1. The first-order chi connectivity index (χ1) is 4.70. The second-order valence-corrected chi connectivity index (χ2v) is 3.55. The van der Waals surface area contributed by atoms with E-state index in [-0.39, 0.29) is 0 Å². The summed E-state index contributed by atoms with van der Waals surface area (Å²) in [6.45, 7) is 1.83. The summed E-state index contributed by atoms with van der Waals surface area (Å²) < 4.78 is 10.6. The van der Waals surface area contributed by atoms with Crippen LogP contribution in [0.3, 0.4) is 0 Å². The summed E-state index contributed by atoms with van der Waals surface area (Å²) in [4.78, 5) is 3.94. The van der Waals surface area contributed by atoms with Crippen LogP contribution in [0.15, 0.2) is 23.2 Å². The molecule has 0 fully saturated rings. The first-order valence-electron chi connectivity index (χ1n) is 2.72. The molecule has 2 nitrogen and oxygen atoms in total. The monoisotopic (exact) mass is 175 g/mol. The van der Waals surface area contributed by atoms with Gasteiger partial charge in [0.25, 0.3) is 0 Å². The Balaban J connectivity index is 3.07. The predicted molar refractivity (Wildman–Crippen MR) is 41.2 cm³/mol. The molecule has 1 unspecified atom stereocenters. The van der Waals surface area contributed by atoms with E-state index >= 15 is 0 Å². The molecule has 0 bridgehead atoms. The van der Waals surface area contributed by atoms with E-state index in [2.05, 4.69) is 4.98 Å². The fourth-order valence-corrected chi connectivity index (χ4v) is 1.27. The minimum atomic E-state index is -1.48. The number of aryl methyl sites for hydroxylation is 1. The highest BCUT2D eigenvalue weighted by molar-refractivity contribution is 8.08. The maximum Gasteiger partial charge on any atom is 0.166 e. The van der Waals surface area contributed by atoms with Crippen LogP contribution in [-0.2, 0) is 10.0 Å². The Morgan fingerprint density at radius 2 is 2.30 bits per heavy atom. The van der Waals surface area contributed by atoms with E-state index in [1.807, 2.05) is 13.0 Å². The van der Waals surface area contributed by atoms with Gasteiger partial charge in [-0.05, 0) is 29.7 Å². The van der Waals surface area contributed by atoms with E-state index < -0.39 is 10.0 Å². The summed E-state index contributed by atoms with van der Waals surface area (Å²) in [7, 11) is 3.81. The molecule has 0 aliphatic carbocycles. The van der Waals surface area contributed by atoms with E-state index in [0.717, 1.165) is 5.69 Å². The average molecular weight is 176 g/mol. The Kier molecular flexibility index (Phi) is 2.40. The molecule has 0 spiro atoms. The second-order valence-electron chi connectivity index (χ2n) is 1.84. The van der Waals surface area contributed by atoms with Crippen molar-refractivity contribution in [3.05, 3.63) is 23.9 Å². The van der Waals surface area contributed by atoms with Gasteiger partial charge in [-0.2, -0.15) is 0 Å². The molecule has 0 saturated heterocycles. The summed E-state index contributed by atoms with van der Waals surface area (Å²) in [5, 5.41) is 0.418. The Hall–Kier alpha value is -0.410. The van der Waals surface area contributed by atoms with Gasteiger partial charge >= 0.3 is 0 Å². The van der Waals surface area contributed by atoms with Crippen LogP contribution in [0.4, 0.5) is 0 Å². The van der Waals surface area contributed by atoms with Crippen molar-refractivity contribution in [1.29, 1.82) is 0 Å². The van der Waals surface area contributed by atoms with E-state index in [9.17, 15) is 4.21 Å². The molecule has 0 saturated carbocycles. The van der Waals surface area contributed by atoms with Crippen LogP contribution in [-0.4, -0.2) is 9.19 Å². The molecule has 0 N–H and O–H groups in total. The van der Waals surface area contributed by atoms with Crippen molar-refractivity contribution in [2.24, 2.45) is 0 Å². The second kappa shape index (κ2) is 3.12. The van der Waals surface area contributed by atoms with E-state index in [1.165, 1.54) is 0 Å². The third kappa shape index (κ3) is 1.78. The van der Waals surface area contributed by atoms with Crippen LogP contribution in [0, 0.1) is 6.92 Å². The summed E-state index contributed by atoms with van der Waals surface area (Å²) in [5.74, 6) is 0. The van der Waals surface area contributed by atoms with Gasteiger partial charge in [-0.1, -0.05) is 6.07 Å².